The van der Waals surface area contributed by atoms with Crippen LogP contribution < -0.4 is 10.2 Å². The molecule has 0 saturated carbocycles. The Morgan fingerprint density at radius 2 is 1.86 bits per heavy atom. The molecule has 1 aliphatic heterocycles. The molecule has 0 aromatic heterocycles. The molecule has 0 aliphatic carbocycles. The lowest BCUT2D eigenvalue weighted by atomic mass is 10.1. The number of hydrogen-bond acceptors (Lipinski definition) is 4. The summed E-state index contributed by atoms with van der Waals surface area (Å²) in [5, 5.41) is 2.85. The first-order chi connectivity index (χ1) is 13.4. The summed E-state index contributed by atoms with van der Waals surface area (Å²) in [6.45, 7) is 1.13. The summed E-state index contributed by atoms with van der Waals surface area (Å²) in [5.74, 6) is -0.249. The zero-order chi connectivity index (χ0) is 20.1. The van der Waals surface area contributed by atoms with Crippen molar-refractivity contribution in [2.75, 3.05) is 38.0 Å². The van der Waals surface area contributed by atoms with Gasteiger partial charge in [-0.3, -0.25) is 9.59 Å². The van der Waals surface area contributed by atoms with Gasteiger partial charge in [-0.1, -0.05) is 18.2 Å². The summed E-state index contributed by atoms with van der Waals surface area (Å²) in [7, 11) is 5.77. The number of ether oxygens (including phenoxy) is 1. The first-order valence-electron chi connectivity index (χ1n) is 9.48. The number of anilines is 2. The van der Waals surface area contributed by atoms with Crippen LogP contribution in [-0.4, -0.2) is 50.6 Å². The van der Waals surface area contributed by atoms with Gasteiger partial charge in [-0.15, -0.1) is 0 Å². The number of rotatable bonds is 6. The van der Waals surface area contributed by atoms with E-state index >= 15 is 0 Å². The molecule has 2 aromatic carbocycles. The molecular weight excluding hydrogens is 354 g/mol. The van der Waals surface area contributed by atoms with Gasteiger partial charge in [-0.2, -0.15) is 0 Å². The molecule has 2 aromatic rings. The Kier molecular flexibility index (Phi) is 6.31. The molecule has 3 rings (SSSR count). The van der Waals surface area contributed by atoms with E-state index in [1.54, 1.807) is 36.2 Å². The molecule has 1 aliphatic rings. The van der Waals surface area contributed by atoms with E-state index in [1.807, 2.05) is 43.3 Å². The van der Waals surface area contributed by atoms with Crippen molar-refractivity contribution in [2.24, 2.45) is 0 Å². The molecule has 1 atom stereocenters. The van der Waals surface area contributed by atoms with Crippen molar-refractivity contribution in [3.63, 3.8) is 0 Å². The van der Waals surface area contributed by atoms with E-state index in [0.29, 0.717) is 24.4 Å². The summed E-state index contributed by atoms with van der Waals surface area (Å²) in [6, 6.07) is 15.1. The lowest BCUT2D eigenvalue weighted by Gasteiger charge is -2.19. The standard InChI is InChI=1S/C22H27N3O3/c1-24(2)19-11-9-16(10-12-19)15-25(3)22(27)17-6-4-7-18(14-17)23-21(26)20-8-5-13-28-20/h4,6-7,9-12,14,20H,5,8,13,15H2,1-3H3,(H,23,26)/t20-/m1/s1. The maximum absolute atomic E-state index is 12.8. The second-order valence-electron chi connectivity index (χ2n) is 7.29. The Hall–Kier alpha value is -2.86. The summed E-state index contributed by atoms with van der Waals surface area (Å²) < 4.78 is 5.40. The fourth-order valence-electron chi connectivity index (χ4n) is 3.20. The van der Waals surface area contributed by atoms with Crippen molar-refractivity contribution in [1.29, 1.82) is 0 Å². The Morgan fingerprint density at radius 3 is 2.50 bits per heavy atom. The van der Waals surface area contributed by atoms with Crippen LogP contribution in [0.25, 0.3) is 0 Å². The van der Waals surface area contributed by atoms with Gasteiger partial charge in [0.2, 0.25) is 0 Å². The largest absolute Gasteiger partial charge is 0.378 e. The molecule has 6 nitrogen and oxygen atoms in total. The van der Waals surface area contributed by atoms with Crippen LogP contribution in [0.3, 0.4) is 0 Å². The molecule has 1 heterocycles. The van der Waals surface area contributed by atoms with Crippen molar-refractivity contribution in [1.82, 2.24) is 4.90 Å². The molecule has 0 unspecified atom stereocenters. The topological polar surface area (TPSA) is 61.9 Å². The number of benzene rings is 2. The van der Waals surface area contributed by atoms with Crippen LogP contribution in [0, 0.1) is 0 Å². The SMILES string of the molecule is CN(Cc1ccc(N(C)C)cc1)C(=O)c1cccc(NC(=O)[C@H]2CCCO2)c1. The molecule has 0 radical (unpaired) electrons. The van der Waals surface area contributed by atoms with Gasteiger partial charge in [0.05, 0.1) is 0 Å². The smallest absolute Gasteiger partial charge is 0.253 e. The van der Waals surface area contributed by atoms with E-state index in [4.69, 9.17) is 4.74 Å². The lowest BCUT2D eigenvalue weighted by Crippen LogP contribution is -2.28. The zero-order valence-electron chi connectivity index (χ0n) is 16.6. The lowest BCUT2D eigenvalue weighted by molar-refractivity contribution is -0.124. The second kappa shape index (κ2) is 8.89. The van der Waals surface area contributed by atoms with E-state index < -0.39 is 6.10 Å². The van der Waals surface area contributed by atoms with Gasteiger partial charge >= 0.3 is 0 Å². The van der Waals surface area contributed by atoms with Crippen LogP contribution in [0.5, 0.6) is 0 Å². The van der Waals surface area contributed by atoms with Crippen LogP contribution >= 0.6 is 0 Å². The first-order valence-corrected chi connectivity index (χ1v) is 9.48. The van der Waals surface area contributed by atoms with Crippen LogP contribution in [0.15, 0.2) is 48.5 Å². The van der Waals surface area contributed by atoms with Gasteiger partial charge in [-0.05, 0) is 48.7 Å². The van der Waals surface area contributed by atoms with Gasteiger partial charge in [0.1, 0.15) is 6.10 Å². The Labute approximate surface area is 166 Å². The number of hydrogen-bond donors (Lipinski definition) is 1. The summed E-state index contributed by atoms with van der Waals surface area (Å²) in [6.07, 6.45) is 1.24. The van der Waals surface area contributed by atoms with E-state index in [-0.39, 0.29) is 11.8 Å². The highest BCUT2D eigenvalue weighted by molar-refractivity contribution is 5.98. The number of carbonyl (C=O) groups is 2. The molecule has 28 heavy (non-hydrogen) atoms. The Bertz CT molecular complexity index is 827. The highest BCUT2D eigenvalue weighted by Gasteiger charge is 2.23. The van der Waals surface area contributed by atoms with Gasteiger partial charge in [0.25, 0.3) is 11.8 Å². The average molecular weight is 381 g/mol. The predicted molar refractivity (Wildman–Crippen MR) is 111 cm³/mol. The summed E-state index contributed by atoms with van der Waals surface area (Å²) in [5.41, 5.74) is 3.32. The van der Waals surface area contributed by atoms with Crippen LogP contribution in [0.2, 0.25) is 0 Å². The van der Waals surface area contributed by atoms with Crippen LogP contribution in [-0.2, 0) is 16.1 Å². The normalized spacial score (nSPS) is 15.9. The zero-order valence-corrected chi connectivity index (χ0v) is 16.6. The molecule has 0 spiro atoms. The van der Waals surface area contributed by atoms with Crippen molar-refractivity contribution >= 4 is 23.2 Å². The highest BCUT2D eigenvalue weighted by atomic mass is 16.5. The Balaban J connectivity index is 1.63. The number of amides is 2. The third-order valence-corrected chi connectivity index (χ3v) is 4.82. The quantitative estimate of drug-likeness (QED) is 0.835. The molecule has 2 amide bonds. The van der Waals surface area contributed by atoms with Crippen molar-refractivity contribution < 1.29 is 14.3 Å². The maximum atomic E-state index is 12.8. The molecule has 6 heteroatoms. The van der Waals surface area contributed by atoms with Gasteiger partial charge in [0.15, 0.2) is 0 Å². The minimum atomic E-state index is -0.396. The van der Waals surface area contributed by atoms with E-state index in [2.05, 4.69) is 5.32 Å². The Morgan fingerprint density at radius 1 is 1.11 bits per heavy atom. The van der Waals surface area contributed by atoms with Gasteiger partial charge < -0.3 is 19.9 Å². The van der Waals surface area contributed by atoms with E-state index in [0.717, 1.165) is 24.1 Å². The van der Waals surface area contributed by atoms with E-state index in [9.17, 15) is 9.59 Å². The number of carbonyl (C=O) groups excluding carboxylic acids is 2. The number of nitrogens with zero attached hydrogens (tertiary/aromatic N) is 2. The first kappa shape index (κ1) is 19.9. The third kappa shape index (κ3) is 4.89. The van der Waals surface area contributed by atoms with Gasteiger partial charge in [-0.25, -0.2) is 0 Å². The highest BCUT2D eigenvalue weighted by Crippen LogP contribution is 2.18. The van der Waals surface area contributed by atoms with Crippen molar-refractivity contribution in [3.05, 3.63) is 59.7 Å². The van der Waals surface area contributed by atoms with E-state index in [1.165, 1.54) is 0 Å². The molecule has 1 saturated heterocycles. The summed E-state index contributed by atoms with van der Waals surface area (Å²) >= 11 is 0. The fourth-order valence-corrected chi connectivity index (χ4v) is 3.20. The molecule has 1 fully saturated rings. The number of nitrogens with one attached hydrogen (secondary N) is 1. The maximum Gasteiger partial charge on any atom is 0.253 e. The van der Waals surface area contributed by atoms with Crippen LogP contribution in [0.4, 0.5) is 11.4 Å². The molecular formula is C22H27N3O3. The van der Waals surface area contributed by atoms with Gasteiger partial charge in [0, 0.05) is 51.2 Å². The van der Waals surface area contributed by atoms with Crippen molar-refractivity contribution in [2.45, 2.75) is 25.5 Å². The van der Waals surface area contributed by atoms with Crippen LogP contribution in [0.1, 0.15) is 28.8 Å². The minimum absolute atomic E-state index is 0.0927. The van der Waals surface area contributed by atoms with Crippen molar-refractivity contribution in [3.8, 4) is 0 Å². The monoisotopic (exact) mass is 381 g/mol. The second-order valence-corrected chi connectivity index (χ2v) is 7.29. The minimum Gasteiger partial charge on any atom is -0.378 e. The predicted octanol–water partition coefficient (Wildman–Crippen LogP) is 3.14. The third-order valence-electron chi connectivity index (χ3n) is 4.82. The fraction of sp³-hybridized carbons (Fsp3) is 0.364. The molecule has 148 valence electrons. The molecule has 0 bridgehead atoms. The average Bonchev–Trinajstić information content (AvgIpc) is 3.23. The molecule has 1 N–H and O–H groups in total. The summed E-state index contributed by atoms with van der Waals surface area (Å²) in [4.78, 5) is 28.7.